The Morgan fingerprint density at radius 3 is 1.11 bits per heavy atom. The monoisotopic (exact) mass is 242 g/mol. The lowest BCUT2D eigenvalue weighted by atomic mass is 10.0. The molecule has 1 aliphatic rings. The molecule has 0 saturated heterocycles. The summed E-state index contributed by atoms with van der Waals surface area (Å²) < 4.78 is 1.22. The number of alkyl halides is 1. The second-order valence-corrected chi connectivity index (χ2v) is 3.21. The summed E-state index contributed by atoms with van der Waals surface area (Å²) in [5, 5.41) is 0. The molecule has 0 spiro atoms. The zero-order chi connectivity index (χ0) is 7.54. The third-order valence-electron chi connectivity index (χ3n) is 1.000. The summed E-state index contributed by atoms with van der Waals surface area (Å²) in [6.07, 6.45) is 6.00. The molecular formula is C8H19I. The number of halogens is 1. The summed E-state index contributed by atoms with van der Waals surface area (Å²) in [6.45, 7) is 6.11. The highest BCUT2D eigenvalue weighted by molar-refractivity contribution is 14.1. The van der Waals surface area contributed by atoms with Gasteiger partial charge in [-0.25, -0.2) is 0 Å². The lowest BCUT2D eigenvalue weighted by molar-refractivity contribution is 0.504. The highest BCUT2D eigenvalue weighted by Crippen LogP contribution is 2.15. The van der Waals surface area contributed by atoms with Crippen LogP contribution in [0.15, 0.2) is 0 Å². The number of hydrogen-bond donors (Lipinski definition) is 0. The Morgan fingerprint density at radius 2 is 1.11 bits per heavy atom. The van der Waals surface area contributed by atoms with Gasteiger partial charge in [-0.2, -0.15) is 0 Å². The van der Waals surface area contributed by atoms with Gasteiger partial charge in [0.2, 0.25) is 0 Å². The maximum atomic E-state index is 2.29. The first-order chi connectivity index (χ1) is 4.41. The van der Waals surface area contributed by atoms with Crippen LogP contribution in [0.2, 0.25) is 0 Å². The molecule has 58 valence electrons. The number of rotatable bonds is 0. The normalized spacial score (nSPS) is 13.3. The largest absolute Gasteiger partial charge is 0.0867 e. The van der Waals surface area contributed by atoms with Crippen LogP contribution in [0, 0.1) is 0 Å². The fourth-order valence-corrected chi connectivity index (χ4v) is 0.250. The summed E-state index contributed by atoms with van der Waals surface area (Å²) in [4.78, 5) is 0. The van der Waals surface area contributed by atoms with E-state index in [4.69, 9.17) is 0 Å². The third-order valence-corrected chi connectivity index (χ3v) is 1.000. The second-order valence-electron chi connectivity index (χ2n) is 1.68. The van der Waals surface area contributed by atoms with E-state index in [0.29, 0.717) is 0 Å². The van der Waals surface area contributed by atoms with Crippen molar-refractivity contribution in [2.24, 2.45) is 0 Å². The average Bonchev–Trinajstić information content (AvgIpc) is 1.68. The van der Waals surface area contributed by atoms with E-state index in [1.54, 1.807) is 0 Å². The van der Waals surface area contributed by atoms with Crippen LogP contribution in [0.5, 0.6) is 0 Å². The lowest BCUT2D eigenvalue weighted by Crippen LogP contribution is -1.85. The minimum Gasteiger partial charge on any atom is -0.0867 e. The molecule has 0 bridgehead atoms. The number of hydrogen-bond acceptors (Lipinski definition) is 0. The molecule has 0 aromatic heterocycles. The van der Waals surface area contributed by atoms with Gasteiger partial charge in [0.15, 0.2) is 0 Å². The molecular weight excluding hydrogens is 223 g/mol. The van der Waals surface area contributed by atoms with E-state index in [-0.39, 0.29) is 0 Å². The van der Waals surface area contributed by atoms with Crippen molar-refractivity contribution in [3.05, 3.63) is 0 Å². The van der Waals surface area contributed by atoms with E-state index in [1.165, 1.54) is 30.1 Å². The molecule has 1 rings (SSSR count). The molecule has 0 aromatic rings. The van der Waals surface area contributed by atoms with E-state index in [0.717, 1.165) is 0 Å². The van der Waals surface area contributed by atoms with Gasteiger partial charge in [-0.3, -0.25) is 0 Å². The summed E-state index contributed by atoms with van der Waals surface area (Å²) in [6, 6.07) is 0. The Labute approximate surface area is 73.6 Å². The first-order valence-corrected chi connectivity index (χ1v) is 5.50. The predicted octanol–water partition coefficient (Wildman–Crippen LogP) is 4.03. The third kappa shape index (κ3) is 17.7. The molecule has 0 nitrogen and oxygen atoms in total. The molecule has 0 radical (unpaired) electrons. The van der Waals surface area contributed by atoms with Crippen LogP contribution in [0.4, 0.5) is 0 Å². The van der Waals surface area contributed by atoms with Crippen molar-refractivity contribution in [2.45, 2.75) is 46.5 Å². The van der Waals surface area contributed by atoms with Crippen LogP contribution >= 0.6 is 22.6 Å². The molecule has 0 aliphatic heterocycles. The summed E-state index contributed by atoms with van der Waals surface area (Å²) in [7, 11) is 0. The van der Waals surface area contributed by atoms with Crippen molar-refractivity contribution in [1.82, 2.24) is 0 Å². The average molecular weight is 242 g/mol. The zero-order valence-corrected chi connectivity index (χ0v) is 9.07. The van der Waals surface area contributed by atoms with Crippen LogP contribution in [-0.2, 0) is 0 Å². The topological polar surface area (TPSA) is 0 Å². The van der Waals surface area contributed by atoms with E-state index >= 15 is 0 Å². The first kappa shape index (κ1) is 12.4. The highest BCUT2D eigenvalue weighted by Gasteiger charge is 1.95. The van der Waals surface area contributed by atoms with Crippen molar-refractivity contribution in [3.8, 4) is 0 Å². The maximum absolute atomic E-state index is 2.29. The van der Waals surface area contributed by atoms with Crippen molar-refractivity contribution in [1.29, 1.82) is 0 Å². The fraction of sp³-hybridized carbons (Fsp3) is 1.00. The summed E-state index contributed by atoms with van der Waals surface area (Å²) >= 11 is 2.29. The van der Waals surface area contributed by atoms with Gasteiger partial charge < -0.3 is 0 Å². The first-order valence-electron chi connectivity index (χ1n) is 3.97. The van der Waals surface area contributed by atoms with Crippen LogP contribution < -0.4 is 0 Å². The molecule has 9 heavy (non-hydrogen) atoms. The Morgan fingerprint density at radius 1 is 1.00 bits per heavy atom. The van der Waals surface area contributed by atoms with Gasteiger partial charge in [0.1, 0.15) is 0 Å². The second kappa shape index (κ2) is 15.9. The minimum atomic E-state index is 1.22. The smallest absolute Gasteiger partial charge is 0.00332 e. The van der Waals surface area contributed by atoms with E-state index in [2.05, 4.69) is 29.5 Å². The lowest BCUT2D eigenvalue weighted by Gasteiger charge is -2.05. The molecule has 1 heteroatoms. The van der Waals surface area contributed by atoms with Crippen LogP contribution in [0.1, 0.15) is 46.5 Å². The maximum Gasteiger partial charge on any atom is -0.00332 e. The van der Waals surface area contributed by atoms with Gasteiger partial charge in [0.25, 0.3) is 0 Å². The van der Waals surface area contributed by atoms with Gasteiger partial charge in [-0.05, 0) is 4.43 Å². The van der Waals surface area contributed by atoms with E-state index in [1.807, 2.05) is 13.8 Å². The quantitative estimate of drug-likeness (QED) is 0.444. The summed E-state index contributed by atoms with van der Waals surface area (Å²) in [5.41, 5.74) is 0. The minimum absolute atomic E-state index is 1.22. The molecule has 1 fully saturated rings. The van der Waals surface area contributed by atoms with Gasteiger partial charge in [0, 0.05) is 0 Å². The van der Waals surface area contributed by atoms with Gasteiger partial charge in [-0.1, -0.05) is 69.0 Å². The zero-order valence-electron chi connectivity index (χ0n) is 6.91. The molecule has 0 heterocycles. The van der Waals surface area contributed by atoms with Crippen LogP contribution in [0.25, 0.3) is 0 Å². The molecule has 0 unspecified atom stereocenters. The highest BCUT2D eigenvalue weighted by atomic mass is 127. The molecule has 1 saturated carbocycles. The van der Waals surface area contributed by atoms with Gasteiger partial charge in [-0.15, -0.1) is 0 Å². The molecule has 0 amide bonds. The van der Waals surface area contributed by atoms with Gasteiger partial charge >= 0.3 is 0 Å². The SMILES string of the molecule is C1CCC1.CC.CCI. The van der Waals surface area contributed by atoms with Crippen LogP contribution in [-0.4, -0.2) is 4.43 Å². The standard InChI is InChI=1S/C4H8.C2H5I.C2H6/c1-2-4-3-1;1-2-3;1-2/h1-4H2;2H2,1H3;1-2H3. The Balaban J connectivity index is 0. The van der Waals surface area contributed by atoms with E-state index in [9.17, 15) is 0 Å². The fourth-order valence-electron chi connectivity index (χ4n) is 0.250. The molecule has 1 aliphatic carbocycles. The molecule has 0 N–H and O–H groups in total. The van der Waals surface area contributed by atoms with Crippen molar-refractivity contribution in [2.75, 3.05) is 4.43 Å². The van der Waals surface area contributed by atoms with Gasteiger partial charge in [0.05, 0.1) is 0 Å². The Hall–Kier alpha value is 0.730. The molecule has 0 atom stereocenters. The Kier molecular flexibility index (Phi) is 21.9. The van der Waals surface area contributed by atoms with Crippen molar-refractivity contribution in [3.63, 3.8) is 0 Å². The molecule has 0 aromatic carbocycles. The Bertz CT molecular complexity index is 19.7. The van der Waals surface area contributed by atoms with Crippen molar-refractivity contribution >= 4 is 22.6 Å². The van der Waals surface area contributed by atoms with E-state index < -0.39 is 0 Å². The summed E-state index contributed by atoms with van der Waals surface area (Å²) in [5.74, 6) is 0. The van der Waals surface area contributed by atoms with Crippen molar-refractivity contribution < 1.29 is 0 Å². The predicted molar refractivity (Wildman–Crippen MR) is 54.4 cm³/mol. The van der Waals surface area contributed by atoms with Crippen LogP contribution in [0.3, 0.4) is 0 Å².